The molecule has 1 rings (SSSR count). The van der Waals surface area contributed by atoms with E-state index in [4.69, 9.17) is 0 Å². The molecular weight excluding hydrogens is 194 g/mol. The van der Waals surface area contributed by atoms with Gasteiger partial charge < -0.3 is 5.32 Å². The molecule has 0 bridgehead atoms. The van der Waals surface area contributed by atoms with Crippen molar-refractivity contribution in [1.29, 1.82) is 0 Å². The zero-order chi connectivity index (χ0) is 11.8. The van der Waals surface area contributed by atoms with Gasteiger partial charge >= 0.3 is 0 Å². The first-order valence-electron chi connectivity index (χ1n) is 6.48. The second-order valence-electron chi connectivity index (χ2n) is 4.91. The molecule has 0 radical (unpaired) electrons. The van der Waals surface area contributed by atoms with Gasteiger partial charge in [0.15, 0.2) is 0 Å². The third kappa shape index (κ3) is 4.80. The Hall–Kier alpha value is -0.820. The fourth-order valence-electron chi connectivity index (χ4n) is 2.04. The third-order valence-electron chi connectivity index (χ3n) is 3.18. The van der Waals surface area contributed by atoms with Crippen LogP contribution in [0.25, 0.3) is 0 Å². The van der Waals surface area contributed by atoms with Crippen LogP contribution in [0.15, 0.2) is 30.3 Å². The zero-order valence-electron chi connectivity index (χ0n) is 10.9. The molecule has 0 saturated heterocycles. The minimum atomic E-state index is 0.781. The Bertz CT molecular complexity index is 266. The Morgan fingerprint density at radius 2 is 1.81 bits per heavy atom. The zero-order valence-corrected chi connectivity index (χ0v) is 10.9. The highest BCUT2D eigenvalue weighted by Crippen LogP contribution is 2.16. The summed E-state index contributed by atoms with van der Waals surface area (Å²) in [5, 5.41) is 3.57. The van der Waals surface area contributed by atoms with Gasteiger partial charge in [-0.3, -0.25) is 0 Å². The molecule has 1 heteroatoms. The minimum Gasteiger partial charge on any atom is -0.312 e. The van der Waals surface area contributed by atoms with E-state index in [0.717, 1.165) is 24.9 Å². The first-order valence-corrected chi connectivity index (χ1v) is 6.48. The lowest BCUT2D eigenvalue weighted by molar-refractivity contribution is 0.337. The van der Waals surface area contributed by atoms with E-state index < -0.39 is 0 Å². The second-order valence-corrected chi connectivity index (χ2v) is 4.91. The molecule has 0 heterocycles. The van der Waals surface area contributed by atoms with Gasteiger partial charge in [0.2, 0.25) is 0 Å². The normalized spacial score (nSPS) is 13.0. The van der Waals surface area contributed by atoms with Crippen LogP contribution in [0, 0.1) is 11.8 Å². The average Bonchev–Trinajstić information content (AvgIpc) is 2.29. The Balaban J connectivity index is 2.28. The van der Waals surface area contributed by atoms with Gasteiger partial charge in [0.1, 0.15) is 0 Å². The largest absolute Gasteiger partial charge is 0.312 e. The lowest BCUT2D eigenvalue weighted by Gasteiger charge is -2.20. The summed E-state index contributed by atoms with van der Waals surface area (Å²) in [6.07, 6.45) is 2.62. The number of hydrogen-bond acceptors (Lipinski definition) is 1. The predicted molar refractivity (Wildman–Crippen MR) is 71.4 cm³/mol. The molecular formula is C15H25N. The van der Waals surface area contributed by atoms with Crippen LogP contribution in [0.3, 0.4) is 0 Å². The van der Waals surface area contributed by atoms with Crippen molar-refractivity contribution >= 4 is 0 Å². The molecule has 0 aliphatic carbocycles. The van der Waals surface area contributed by atoms with Gasteiger partial charge in [-0.05, 0) is 30.4 Å². The van der Waals surface area contributed by atoms with Gasteiger partial charge in [-0.1, -0.05) is 57.5 Å². The Morgan fingerprint density at radius 1 is 1.12 bits per heavy atom. The predicted octanol–water partition coefficient (Wildman–Crippen LogP) is 3.85. The van der Waals surface area contributed by atoms with Crippen LogP contribution in [0.1, 0.15) is 39.2 Å². The molecule has 1 aromatic rings. The molecule has 1 aromatic carbocycles. The summed E-state index contributed by atoms with van der Waals surface area (Å²) in [7, 11) is 0. The van der Waals surface area contributed by atoms with Gasteiger partial charge in [-0.25, -0.2) is 0 Å². The molecule has 1 N–H and O–H groups in total. The summed E-state index contributed by atoms with van der Waals surface area (Å²) < 4.78 is 0. The first-order chi connectivity index (χ1) is 7.74. The molecule has 1 nitrogen and oxygen atoms in total. The van der Waals surface area contributed by atoms with Gasteiger partial charge in [0.05, 0.1) is 0 Å². The third-order valence-corrected chi connectivity index (χ3v) is 3.18. The molecule has 90 valence electrons. The highest BCUT2D eigenvalue weighted by molar-refractivity contribution is 5.14. The standard InChI is InChI=1S/C15H25N/c1-4-8-15(13(2)3)12-16-11-14-9-6-5-7-10-14/h5-7,9-10,13,15-16H,4,8,11-12H2,1-3H3. The number of hydrogen-bond donors (Lipinski definition) is 1. The highest BCUT2D eigenvalue weighted by Gasteiger charge is 2.11. The number of nitrogens with one attached hydrogen (secondary N) is 1. The summed E-state index contributed by atoms with van der Waals surface area (Å²) in [5.41, 5.74) is 1.38. The Morgan fingerprint density at radius 3 is 2.38 bits per heavy atom. The van der Waals surface area contributed by atoms with Crippen molar-refractivity contribution < 1.29 is 0 Å². The van der Waals surface area contributed by atoms with Crippen LogP contribution in [-0.2, 0) is 6.54 Å². The average molecular weight is 219 g/mol. The fourth-order valence-corrected chi connectivity index (χ4v) is 2.04. The van der Waals surface area contributed by atoms with E-state index in [2.05, 4.69) is 56.4 Å². The van der Waals surface area contributed by atoms with Crippen molar-refractivity contribution in [2.75, 3.05) is 6.54 Å². The van der Waals surface area contributed by atoms with Crippen LogP contribution in [0.4, 0.5) is 0 Å². The van der Waals surface area contributed by atoms with E-state index in [1.54, 1.807) is 0 Å². The monoisotopic (exact) mass is 219 g/mol. The van der Waals surface area contributed by atoms with Crippen LogP contribution < -0.4 is 5.32 Å². The maximum atomic E-state index is 3.57. The van der Waals surface area contributed by atoms with E-state index in [-0.39, 0.29) is 0 Å². The van der Waals surface area contributed by atoms with Crippen LogP contribution in [0.2, 0.25) is 0 Å². The molecule has 16 heavy (non-hydrogen) atoms. The molecule has 0 fully saturated rings. The summed E-state index contributed by atoms with van der Waals surface area (Å²) in [6.45, 7) is 9.05. The number of benzene rings is 1. The van der Waals surface area contributed by atoms with E-state index in [1.807, 2.05) is 0 Å². The van der Waals surface area contributed by atoms with E-state index in [1.165, 1.54) is 18.4 Å². The quantitative estimate of drug-likeness (QED) is 0.734. The van der Waals surface area contributed by atoms with Crippen molar-refractivity contribution in [3.05, 3.63) is 35.9 Å². The van der Waals surface area contributed by atoms with Gasteiger partial charge in [0.25, 0.3) is 0 Å². The van der Waals surface area contributed by atoms with Crippen molar-refractivity contribution in [3.63, 3.8) is 0 Å². The molecule has 1 atom stereocenters. The van der Waals surface area contributed by atoms with Gasteiger partial charge in [-0.15, -0.1) is 0 Å². The van der Waals surface area contributed by atoms with Crippen molar-refractivity contribution in [2.45, 2.75) is 40.2 Å². The van der Waals surface area contributed by atoms with Crippen molar-refractivity contribution in [2.24, 2.45) is 11.8 Å². The minimum absolute atomic E-state index is 0.781. The fraction of sp³-hybridized carbons (Fsp3) is 0.600. The maximum absolute atomic E-state index is 3.57. The van der Waals surface area contributed by atoms with E-state index >= 15 is 0 Å². The Labute approximate surface area is 100 Å². The van der Waals surface area contributed by atoms with E-state index in [0.29, 0.717) is 0 Å². The number of rotatable bonds is 7. The summed E-state index contributed by atoms with van der Waals surface area (Å²) in [6, 6.07) is 10.6. The molecule has 0 aliphatic rings. The van der Waals surface area contributed by atoms with Crippen LogP contribution in [-0.4, -0.2) is 6.54 Å². The molecule has 0 amide bonds. The van der Waals surface area contributed by atoms with Gasteiger partial charge in [-0.2, -0.15) is 0 Å². The highest BCUT2D eigenvalue weighted by atomic mass is 14.9. The van der Waals surface area contributed by atoms with E-state index in [9.17, 15) is 0 Å². The topological polar surface area (TPSA) is 12.0 Å². The Kier molecular flexibility index (Phi) is 6.17. The molecule has 0 saturated carbocycles. The van der Waals surface area contributed by atoms with Crippen LogP contribution in [0.5, 0.6) is 0 Å². The smallest absolute Gasteiger partial charge is 0.0205 e. The molecule has 0 spiro atoms. The first kappa shape index (κ1) is 13.2. The lowest BCUT2D eigenvalue weighted by atomic mass is 9.91. The van der Waals surface area contributed by atoms with Crippen molar-refractivity contribution in [3.8, 4) is 0 Å². The molecule has 0 aliphatic heterocycles. The van der Waals surface area contributed by atoms with Crippen molar-refractivity contribution in [1.82, 2.24) is 5.32 Å². The van der Waals surface area contributed by atoms with Crippen LogP contribution >= 0.6 is 0 Å². The molecule has 0 aromatic heterocycles. The van der Waals surface area contributed by atoms with Gasteiger partial charge in [0, 0.05) is 6.54 Å². The maximum Gasteiger partial charge on any atom is 0.0205 e. The lowest BCUT2D eigenvalue weighted by Crippen LogP contribution is -2.25. The SMILES string of the molecule is CCCC(CNCc1ccccc1)C(C)C. The summed E-state index contributed by atoms with van der Waals surface area (Å²) in [4.78, 5) is 0. The summed E-state index contributed by atoms with van der Waals surface area (Å²) in [5.74, 6) is 1.59. The second kappa shape index (κ2) is 7.45. The summed E-state index contributed by atoms with van der Waals surface area (Å²) >= 11 is 0. The molecule has 1 unspecified atom stereocenters.